The number of benzene rings is 2. The number of hydrogen-bond acceptors (Lipinski definition) is 1. The number of halogens is 2. The molecule has 0 saturated heterocycles. The minimum absolute atomic E-state index is 0.297. The first-order valence-electron chi connectivity index (χ1n) is 6.82. The zero-order valence-electron chi connectivity index (χ0n) is 11.7. The molecule has 0 aliphatic carbocycles. The second kappa shape index (κ2) is 6.51. The highest BCUT2D eigenvalue weighted by Gasteiger charge is 2.17. The van der Waals surface area contributed by atoms with Crippen LogP contribution in [0.15, 0.2) is 40.9 Å². The van der Waals surface area contributed by atoms with E-state index in [1.165, 1.54) is 11.1 Å². The van der Waals surface area contributed by atoms with E-state index >= 15 is 0 Å². The second-order valence-corrected chi connectivity index (χ2v) is 5.64. The van der Waals surface area contributed by atoms with Gasteiger partial charge in [0, 0.05) is 5.56 Å². The summed E-state index contributed by atoms with van der Waals surface area (Å²) in [7, 11) is 0. The standard InChI is InChI=1S/C17H18BrFO/c1-3-11-8-9-13(10-12(11)4-2)17(20)14-6-5-7-15(18)16(14)19/h5-10,17,20H,3-4H2,1-2H3. The number of rotatable bonds is 4. The van der Waals surface area contributed by atoms with Gasteiger partial charge in [-0.2, -0.15) is 0 Å². The summed E-state index contributed by atoms with van der Waals surface area (Å²) in [5.74, 6) is -0.405. The molecule has 1 nitrogen and oxygen atoms in total. The van der Waals surface area contributed by atoms with Crippen molar-refractivity contribution in [3.63, 3.8) is 0 Å². The van der Waals surface area contributed by atoms with Crippen LogP contribution in [0.2, 0.25) is 0 Å². The van der Waals surface area contributed by atoms with Gasteiger partial charge in [-0.15, -0.1) is 0 Å². The average Bonchev–Trinajstić information content (AvgIpc) is 2.48. The molecule has 0 spiro atoms. The highest BCUT2D eigenvalue weighted by molar-refractivity contribution is 9.10. The molecular formula is C17H18BrFO. The van der Waals surface area contributed by atoms with Crippen molar-refractivity contribution in [3.05, 3.63) is 68.9 Å². The van der Waals surface area contributed by atoms with Gasteiger partial charge in [0.1, 0.15) is 11.9 Å². The molecule has 0 aliphatic heterocycles. The molecule has 0 fully saturated rings. The van der Waals surface area contributed by atoms with Crippen LogP contribution in [0.5, 0.6) is 0 Å². The zero-order chi connectivity index (χ0) is 14.7. The van der Waals surface area contributed by atoms with Gasteiger partial charge in [0.2, 0.25) is 0 Å². The largest absolute Gasteiger partial charge is 0.384 e. The summed E-state index contributed by atoms with van der Waals surface area (Å²) in [4.78, 5) is 0. The van der Waals surface area contributed by atoms with Crippen LogP contribution in [0, 0.1) is 5.82 Å². The minimum atomic E-state index is -0.941. The Morgan fingerprint density at radius 2 is 1.80 bits per heavy atom. The van der Waals surface area contributed by atoms with Gasteiger partial charge >= 0.3 is 0 Å². The molecule has 0 radical (unpaired) electrons. The summed E-state index contributed by atoms with van der Waals surface area (Å²) in [6.45, 7) is 4.20. The third-order valence-corrected chi connectivity index (χ3v) is 4.20. The number of hydrogen-bond donors (Lipinski definition) is 1. The quantitative estimate of drug-likeness (QED) is 0.850. The van der Waals surface area contributed by atoms with E-state index in [1.807, 2.05) is 18.2 Å². The Kier molecular flexibility index (Phi) is 4.95. The maximum Gasteiger partial charge on any atom is 0.143 e. The normalized spacial score (nSPS) is 12.4. The molecule has 1 N–H and O–H groups in total. The maximum absolute atomic E-state index is 14.1. The summed E-state index contributed by atoms with van der Waals surface area (Å²) in [5.41, 5.74) is 3.51. The van der Waals surface area contributed by atoms with Crippen molar-refractivity contribution in [3.8, 4) is 0 Å². The van der Waals surface area contributed by atoms with Gasteiger partial charge in [0.15, 0.2) is 0 Å². The Bertz CT molecular complexity index is 610. The van der Waals surface area contributed by atoms with Crippen LogP contribution < -0.4 is 0 Å². The van der Waals surface area contributed by atoms with Gasteiger partial charge in [0.25, 0.3) is 0 Å². The highest BCUT2D eigenvalue weighted by Crippen LogP contribution is 2.29. The SMILES string of the molecule is CCc1ccc(C(O)c2cccc(Br)c2F)cc1CC. The molecule has 3 heteroatoms. The Labute approximate surface area is 127 Å². The summed E-state index contributed by atoms with van der Waals surface area (Å²) in [6, 6.07) is 10.8. The van der Waals surface area contributed by atoms with Crippen molar-refractivity contribution < 1.29 is 9.50 Å². The first kappa shape index (κ1) is 15.2. The van der Waals surface area contributed by atoms with Crippen molar-refractivity contribution in [2.45, 2.75) is 32.8 Å². The van der Waals surface area contributed by atoms with Gasteiger partial charge in [-0.3, -0.25) is 0 Å². The van der Waals surface area contributed by atoms with Crippen LogP contribution >= 0.6 is 15.9 Å². The van der Waals surface area contributed by atoms with E-state index in [2.05, 4.69) is 29.8 Å². The third kappa shape index (κ3) is 2.94. The van der Waals surface area contributed by atoms with Crippen molar-refractivity contribution >= 4 is 15.9 Å². The van der Waals surface area contributed by atoms with E-state index in [0.717, 1.165) is 18.4 Å². The average molecular weight is 337 g/mol. The molecule has 0 saturated carbocycles. The molecule has 2 aromatic carbocycles. The van der Waals surface area contributed by atoms with E-state index < -0.39 is 11.9 Å². The lowest BCUT2D eigenvalue weighted by Gasteiger charge is -2.16. The van der Waals surface area contributed by atoms with Crippen LogP contribution in [0.1, 0.15) is 42.2 Å². The van der Waals surface area contributed by atoms with Crippen LogP contribution in [0.3, 0.4) is 0 Å². The predicted molar refractivity (Wildman–Crippen MR) is 83.4 cm³/mol. The highest BCUT2D eigenvalue weighted by atomic mass is 79.9. The molecule has 1 unspecified atom stereocenters. The second-order valence-electron chi connectivity index (χ2n) is 4.78. The van der Waals surface area contributed by atoms with Crippen molar-refractivity contribution in [2.75, 3.05) is 0 Å². The molecular weight excluding hydrogens is 319 g/mol. The molecule has 1 atom stereocenters. The van der Waals surface area contributed by atoms with Gasteiger partial charge in [-0.25, -0.2) is 4.39 Å². The smallest absolute Gasteiger partial charge is 0.143 e. The van der Waals surface area contributed by atoms with Gasteiger partial charge in [-0.05, 0) is 51.5 Å². The van der Waals surface area contributed by atoms with Crippen molar-refractivity contribution in [1.82, 2.24) is 0 Å². The fourth-order valence-electron chi connectivity index (χ4n) is 2.40. The maximum atomic E-state index is 14.1. The van der Waals surface area contributed by atoms with E-state index in [4.69, 9.17) is 0 Å². The fraction of sp³-hybridized carbons (Fsp3) is 0.294. The van der Waals surface area contributed by atoms with Gasteiger partial charge < -0.3 is 5.11 Å². The summed E-state index contributed by atoms with van der Waals surface area (Å²) in [5, 5.41) is 10.4. The minimum Gasteiger partial charge on any atom is -0.384 e. The van der Waals surface area contributed by atoms with Crippen LogP contribution in [0.4, 0.5) is 4.39 Å². The Morgan fingerprint density at radius 3 is 2.45 bits per heavy atom. The Morgan fingerprint density at radius 1 is 1.10 bits per heavy atom. The van der Waals surface area contributed by atoms with Gasteiger partial charge in [-0.1, -0.05) is 44.2 Å². The lowest BCUT2D eigenvalue weighted by molar-refractivity contribution is 0.214. The molecule has 2 rings (SSSR count). The lowest BCUT2D eigenvalue weighted by atomic mass is 9.95. The zero-order valence-corrected chi connectivity index (χ0v) is 13.2. The number of aliphatic hydroxyl groups is 1. The first-order valence-corrected chi connectivity index (χ1v) is 7.61. The monoisotopic (exact) mass is 336 g/mol. The van der Waals surface area contributed by atoms with E-state index in [-0.39, 0.29) is 0 Å². The van der Waals surface area contributed by atoms with Crippen LogP contribution in [-0.2, 0) is 12.8 Å². The Balaban J connectivity index is 2.43. The summed E-state index contributed by atoms with van der Waals surface area (Å²) >= 11 is 3.15. The first-order chi connectivity index (χ1) is 9.58. The molecule has 106 valence electrons. The Hall–Kier alpha value is -1.19. The number of aryl methyl sites for hydroxylation is 2. The molecule has 0 aliphatic rings. The lowest BCUT2D eigenvalue weighted by Crippen LogP contribution is -2.04. The van der Waals surface area contributed by atoms with E-state index in [1.54, 1.807) is 18.2 Å². The third-order valence-electron chi connectivity index (χ3n) is 3.58. The van der Waals surface area contributed by atoms with Crippen LogP contribution in [0.25, 0.3) is 0 Å². The molecule has 2 aromatic rings. The summed E-state index contributed by atoms with van der Waals surface area (Å²) in [6.07, 6.45) is 0.930. The van der Waals surface area contributed by atoms with Crippen LogP contribution in [-0.4, -0.2) is 5.11 Å². The molecule has 0 amide bonds. The summed E-state index contributed by atoms with van der Waals surface area (Å²) < 4.78 is 14.4. The molecule has 0 bridgehead atoms. The topological polar surface area (TPSA) is 20.2 Å². The van der Waals surface area contributed by atoms with Crippen molar-refractivity contribution in [2.24, 2.45) is 0 Å². The van der Waals surface area contributed by atoms with Crippen molar-refractivity contribution in [1.29, 1.82) is 0 Å². The van der Waals surface area contributed by atoms with E-state index in [9.17, 15) is 9.50 Å². The molecule has 20 heavy (non-hydrogen) atoms. The number of aliphatic hydroxyl groups excluding tert-OH is 1. The molecule has 0 heterocycles. The predicted octanol–water partition coefficient (Wildman–Crippen LogP) is 4.79. The molecule has 0 aromatic heterocycles. The fourth-order valence-corrected chi connectivity index (χ4v) is 2.78. The van der Waals surface area contributed by atoms with Gasteiger partial charge in [0.05, 0.1) is 4.47 Å². The van der Waals surface area contributed by atoms with E-state index in [0.29, 0.717) is 10.0 Å².